The van der Waals surface area contributed by atoms with Gasteiger partial charge < -0.3 is 19.5 Å². The fourth-order valence-corrected chi connectivity index (χ4v) is 2.35. The highest BCUT2D eigenvalue weighted by molar-refractivity contribution is 5.76. The Morgan fingerprint density at radius 2 is 1.91 bits per heavy atom. The third kappa shape index (κ3) is 4.38. The first-order valence-electron chi connectivity index (χ1n) is 7.48. The number of nitrogens with zero attached hydrogens (tertiary/aromatic N) is 1. The molecule has 1 amide bonds. The van der Waals surface area contributed by atoms with Crippen LogP contribution in [0.25, 0.3) is 0 Å². The van der Waals surface area contributed by atoms with Gasteiger partial charge in [-0.2, -0.15) is 0 Å². The zero-order valence-electron chi connectivity index (χ0n) is 12.7. The molecule has 6 heteroatoms. The highest BCUT2D eigenvalue weighted by Gasteiger charge is 2.16. The molecule has 1 heterocycles. The maximum atomic E-state index is 12.2. The lowest BCUT2D eigenvalue weighted by molar-refractivity contribution is -0.137. The molecule has 2 rings (SSSR count). The summed E-state index contributed by atoms with van der Waals surface area (Å²) in [5.74, 6) is 0.667. The lowest BCUT2D eigenvalue weighted by atomic mass is 10.1. The molecule has 1 aliphatic heterocycles. The fourth-order valence-electron chi connectivity index (χ4n) is 2.35. The quantitative estimate of drug-likeness (QED) is 0.746. The molecule has 0 radical (unpaired) electrons. The Morgan fingerprint density at radius 1 is 1.18 bits per heavy atom. The van der Waals surface area contributed by atoms with Gasteiger partial charge in [0.25, 0.3) is 0 Å². The van der Waals surface area contributed by atoms with E-state index in [2.05, 4.69) is 0 Å². The van der Waals surface area contributed by atoms with Crippen LogP contribution in [0.5, 0.6) is 11.5 Å². The van der Waals surface area contributed by atoms with Crippen molar-refractivity contribution < 1.29 is 24.2 Å². The number of benzene rings is 1. The number of amides is 1. The summed E-state index contributed by atoms with van der Waals surface area (Å²) in [6, 6.07) is 5.67. The summed E-state index contributed by atoms with van der Waals surface area (Å²) in [5, 5.41) is 8.59. The number of hydrogen-bond acceptors (Lipinski definition) is 4. The second-order valence-electron chi connectivity index (χ2n) is 5.20. The second kappa shape index (κ2) is 7.68. The zero-order valence-corrected chi connectivity index (χ0v) is 12.7. The summed E-state index contributed by atoms with van der Waals surface area (Å²) >= 11 is 0. The summed E-state index contributed by atoms with van der Waals surface area (Å²) in [4.78, 5) is 24.4. The van der Waals surface area contributed by atoms with Crippen molar-refractivity contribution >= 4 is 11.9 Å². The van der Waals surface area contributed by atoms with Gasteiger partial charge in [0.1, 0.15) is 0 Å². The molecule has 1 aromatic carbocycles. The molecule has 0 spiro atoms. The first-order valence-corrected chi connectivity index (χ1v) is 7.48. The summed E-state index contributed by atoms with van der Waals surface area (Å²) < 4.78 is 10.6. The first-order chi connectivity index (χ1) is 10.6. The molecule has 22 heavy (non-hydrogen) atoms. The van der Waals surface area contributed by atoms with E-state index in [1.165, 1.54) is 0 Å². The van der Waals surface area contributed by atoms with Crippen LogP contribution in [-0.2, 0) is 16.1 Å². The van der Waals surface area contributed by atoms with Gasteiger partial charge in [-0.25, -0.2) is 0 Å². The number of carboxylic acid groups (broad SMARTS) is 1. The monoisotopic (exact) mass is 307 g/mol. The van der Waals surface area contributed by atoms with E-state index in [0.29, 0.717) is 38.1 Å². The Balaban J connectivity index is 1.85. The smallest absolute Gasteiger partial charge is 0.303 e. The van der Waals surface area contributed by atoms with Gasteiger partial charge in [-0.3, -0.25) is 9.59 Å². The molecule has 1 aliphatic rings. The van der Waals surface area contributed by atoms with E-state index >= 15 is 0 Å². The van der Waals surface area contributed by atoms with Crippen molar-refractivity contribution in [3.8, 4) is 11.5 Å². The molecule has 0 aliphatic carbocycles. The SMILES string of the molecule is CCN(Cc1ccc2c(c1)OCO2)C(=O)CCCCC(=O)O. The normalized spacial score (nSPS) is 12.2. The van der Waals surface area contributed by atoms with Crippen LogP contribution >= 0.6 is 0 Å². The van der Waals surface area contributed by atoms with E-state index in [0.717, 1.165) is 11.3 Å². The van der Waals surface area contributed by atoms with Crippen LogP contribution in [0.3, 0.4) is 0 Å². The van der Waals surface area contributed by atoms with Gasteiger partial charge in [-0.05, 0) is 37.5 Å². The van der Waals surface area contributed by atoms with E-state index < -0.39 is 5.97 Å². The minimum Gasteiger partial charge on any atom is -0.481 e. The van der Waals surface area contributed by atoms with Crippen molar-refractivity contribution in [2.45, 2.75) is 39.2 Å². The summed E-state index contributed by atoms with van der Waals surface area (Å²) in [7, 11) is 0. The Kier molecular flexibility index (Phi) is 5.63. The molecule has 0 aromatic heterocycles. The van der Waals surface area contributed by atoms with E-state index in [9.17, 15) is 9.59 Å². The van der Waals surface area contributed by atoms with E-state index in [4.69, 9.17) is 14.6 Å². The molecule has 0 saturated carbocycles. The average molecular weight is 307 g/mol. The average Bonchev–Trinajstić information content (AvgIpc) is 2.96. The highest BCUT2D eigenvalue weighted by atomic mass is 16.7. The molecule has 0 atom stereocenters. The number of unbranched alkanes of at least 4 members (excludes halogenated alkanes) is 1. The van der Waals surface area contributed by atoms with E-state index in [1.54, 1.807) is 4.90 Å². The number of fused-ring (bicyclic) bond motifs is 1. The Morgan fingerprint density at radius 3 is 2.64 bits per heavy atom. The lowest BCUT2D eigenvalue weighted by Gasteiger charge is -2.21. The number of carboxylic acids is 1. The number of hydrogen-bond donors (Lipinski definition) is 1. The Bertz CT molecular complexity index is 543. The van der Waals surface area contributed by atoms with Gasteiger partial charge in [-0.15, -0.1) is 0 Å². The van der Waals surface area contributed by atoms with Crippen molar-refractivity contribution in [3.05, 3.63) is 23.8 Å². The lowest BCUT2D eigenvalue weighted by Crippen LogP contribution is -2.30. The number of ether oxygens (including phenoxy) is 2. The van der Waals surface area contributed by atoms with Gasteiger partial charge in [0.05, 0.1) is 0 Å². The minimum absolute atomic E-state index is 0.0468. The standard InChI is InChI=1S/C16H21NO5/c1-2-17(15(18)5-3-4-6-16(19)20)10-12-7-8-13-14(9-12)22-11-21-13/h7-9H,2-6,10-11H2,1H3,(H,19,20). The van der Waals surface area contributed by atoms with Crippen LogP contribution in [0, 0.1) is 0 Å². The molecular formula is C16H21NO5. The highest BCUT2D eigenvalue weighted by Crippen LogP contribution is 2.32. The maximum Gasteiger partial charge on any atom is 0.303 e. The second-order valence-corrected chi connectivity index (χ2v) is 5.20. The fraction of sp³-hybridized carbons (Fsp3) is 0.500. The summed E-state index contributed by atoms with van der Waals surface area (Å²) in [6.07, 6.45) is 1.62. The van der Waals surface area contributed by atoms with Crippen LogP contribution in [-0.4, -0.2) is 35.2 Å². The molecular weight excluding hydrogens is 286 g/mol. The van der Waals surface area contributed by atoms with Crippen LogP contribution < -0.4 is 9.47 Å². The minimum atomic E-state index is -0.819. The maximum absolute atomic E-state index is 12.2. The number of carbonyl (C=O) groups is 2. The van der Waals surface area contributed by atoms with Crippen molar-refractivity contribution in [3.63, 3.8) is 0 Å². The Labute approximate surface area is 129 Å². The molecule has 0 bridgehead atoms. The summed E-state index contributed by atoms with van der Waals surface area (Å²) in [5.41, 5.74) is 0.991. The van der Waals surface area contributed by atoms with E-state index in [-0.39, 0.29) is 19.1 Å². The number of carbonyl (C=O) groups excluding carboxylic acids is 1. The summed E-state index contributed by atoms with van der Waals surface area (Å²) in [6.45, 7) is 3.30. The van der Waals surface area contributed by atoms with Gasteiger partial charge in [0.2, 0.25) is 12.7 Å². The van der Waals surface area contributed by atoms with Crippen LogP contribution in [0.1, 0.15) is 38.2 Å². The number of rotatable bonds is 8. The van der Waals surface area contributed by atoms with Crippen molar-refractivity contribution in [2.24, 2.45) is 0 Å². The molecule has 1 N–H and O–H groups in total. The molecule has 0 saturated heterocycles. The largest absolute Gasteiger partial charge is 0.481 e. The third-order valence-electron chi connectivity index (χ3n) is 3.58. The molecule has 6 nitrogen and oxygen atoms in total. The topological polar surface area (TPSA) is 76.1 Å². The Hall–Kier alpha value is -2.24. The van der Waals surface area contributed by atoms with Gasteiger partial charge >= 0.3 is 5.97 Å². The zero-order chi connectivity index (χ0) is 15.9. The van der Waals surface area contributed by atoms with Gasteiger partial charge in [-0.1, -0.05) is 6.07 Å². The van der Waals surface area contributed by atoms with Crippen molar-refractivity contribution in [1.29, 1.82) is 0 Å². The molecule has 120 valence electrons. The molecule has 0 unspecified atom stereocenters. The van der Waals surface area contributed by atoms with Gasteiger partial charge in [0.15, 0.2) is 11.5 Å². The van der Waals surface area contributed by atoms with Crippen LogP contribution in [0.2, 0.25) is 0 Å². The van der Waals surface area contributed by atoms with Crippen LogP contribution in [0.4, 0.5) is 0 Å². The predicted molar refractivity (Wildman–Crippen MR) is 79.8 cm³/mol. The van der Waals surface area contributed by atoms with Crippen molar-refractivity contribution in [1.82, 2.24) is 4.90 Å². The number of aliphatic carboxylic acids is 1. The first kappa shape index (κ1) is 16.1. The van der Waals surface area contributed by atoms with Crippen LogP contribution in [0.15, 0.2) is 18.2 Å². The molecule has 0 fully saturated rings. The van der Waals surface area contributed by atoms with E-state index in [1.807, 2.05) is 25.1 Å². The third-order valence-corrected chi connectivity index (χ3v) is 3.58. The van der Waals surface area contributed by atoms with Crippen molar-refractivity contribution in [2.75, 3.05) is 13.3 Å². The predicted octanol–water partition coefficient (Wildman–Crippen LogP) is 2.41. The van der Waals surface area contributed by atoms with Gasteiger partial charge in [0, 0.05) is 25.9 Å². The molecule has 1 aromatic rings.